The molecule has 0 bridgehead atoms. The number of rotatable bonds is 3. The molecule has 0 saturated heterocycles. The van der Waals surface area contributed by atoms with Crippen LogP contribution in [0.25, 0.3) is 10.1 Å². The zero-order valence-corrected chi connectivity index (χ0v) is 10.1. The van der Waals surface area contributed by atoms with E-state index in [0.29, 0.717) is 6.42 Å². The number of benzene rings is 1. The van der Waals surface area contributed by atoms with E-state index in [9.17, 15) is 4.79 Å². The number of hydrogen-bond donors (Lipinski definition) is 2. The molecule has 86 valence electrons. The Bertz CT molecular complexity index is 497. The zero-order chi connectivity index (χ0) is 10.8. The number of carboxylic acids is 1. The van der Waals surface area contributed by atoms with Crippen molar-refractivity contribution in [3.8, 4) is 0 Å². The molecule has 16 heavy (non-hydrogen) atoms. The lowest BCUT2D eigenvalue weighted by molar-refractivity contribution is -0.138. The number of thiophene rings is 1. The van der Waals surface area contributed by atoms with Crippen LogP contribution in [-0.2, 0) is 11.2 Å². The predicted octanol–water partition coefficient (Wildman–Crippen LogP) is 2.28. The maximum Gasteiger partial charge on any atom is 0.320 e. The van der Waals surface area contributed by atoms with Crippen LogP contribution in [0.15, 0.2) is 29.6 Å². The van der Waals surface area contributed by atoms with Crippen LogP contribution in [0.1, 0.15) is 5.56 Å². The second-order valence-electron chi connectivity index (χ2n) is 3.41. The summed E-state index contributed by atoms with van der Waals surface area (Å²) in [6.07, 6.45) is 0.388. The van der Waals surface area contributed by atoms with Gasteiger partial charge in [0.25, 0.3) is 0 Å². The average molecular weight is 258 g/mol. The number of nitrogens with two attached hydrogens (primary N) is 1. The van der Waals surface area contributed by atoms with E-state index in [1.54, 1.807) is 11.3 Å². The smallest absolute Gasteiger partial charge is 0.320 e. The van der Waals surface area contributed by atoms with Gasteiger partial charge in [-0.2, -0.15) is 0 Å². The normalized spacial score (nSPS) is 12.1. The maximum absolute atomic E-state index is 10.6. The Kier molecular flexibility index (Phi) is 4.29. The second kappa shape index (κ2) is 5.30. The molecule has 0 spiro atoms. The summed E-state index contributed by atoms with van der Waals surface area (Å²) in [4.78, 5) is 10.6. The molecule has 3 N–H and O–H groups in total. The van der Waals surface area contributed by atoms with E-state index in [-0.39, 0.29) is 12.4 Å². The molecule has 1 atom stereocenters. The van der Waals surface area contributed by atoms with Crippen molar-refractivity contribution in [1.29, 1.82) is 0 Å². The van der Waals surface area contributed by atoms with Gasteiger partial charge in [0.05, 0.1) is 0 Å². The monoisotopic (exact) mass is 257 g/mol. The molecule has 0 fully saturated rings. The van der Waals surface area contributed by atoms with Gasteiger partial charge in [0.1, 0.15) is 6.04 Å². The lowest BCUT2D eigenvalue weighted by Crippen LogP contribution is -2.32. The van der Waals surface area contributed by atoms with Crippen LogP contribution in [0.4, 0.5) is 0 Å². The van der Waals surface area contributed by atoms with Gasteiger partial charge < -0.3 is 10.8 Å². The van der Waals surface area contributed by atoms with Gasteiger partial charge in [0.2, 0.25) is 0 Å². The van der Waals surface area contributed by atoms with Crippen LogP contribution >= 0.6 is 23.7 Å². The first-order valence-corrected chi connectivity index (χ1v) is 5.50. The number of aliphatic carboxylic acids is 1. The van der Waals surface area contributed by atoms with Crippen molar-refractivity contribution in [2.24, 2.45) is 5.73 Å². The summed E-state index contributed by atoms with van der Waals surface area (Å²) in [5, 5.41) is 11.8. The summed E-state index contributed by atoms with van der Waals surface area (Å²) in [6, 6.07) is 7.12. The molecule has 0 radical (unpaired) electrons. The summed E-state index contributed by atoms with van der Waals surface area (Å²) in [5.74, 6) is -0.953. The van der Waals surface area contributed by atoms with Gasteiger partial charge in [-0.1, -0.05) is 18.2 Å². The van der Waals surface area contributed by atoms with Gasteiger partial charge >= 0.3 is 5.97 Å². The highest BCUT2D eigenvalue weighted by atomic mass is 35.5. The fourth-order valence-corrected chi connectivity index (χ4v) is 2.49. The summed E-state index contributed by atoms with van der Waals surface area (Å²) < 4.78 is 1.17. The lowest BCUT2D eigenvalue weighted by atomic mass is 10.1. The fraction of sp³-hybridized carbons (Fsp3) is 0.182. The van der Waals surface area contributed by atoms with Crippen LogP contribution < -0.4 is 5.73 Å². The number of halogens is 1. The molecule has 2 rings (SSSR count). The highest BCUT2D eigenvalue weighted by Gasteiger charge is 2.14. The van der Waals surface area contributed by atoms with E-state index < -0.39 is 12.0 Å². The molecule has 1 unspecified atom stereocenters. The molecule has 0 saturated carbocycles. The van der Waals surface area contributed by atoms with E-state index in [4.69, 9.17) is 10.8 Å². The van der Waals surface area contributed by atoms with E-state index in [1.165, 1.54) is 4.70 Å². The number of carbonyl (C=O) groups is 1. The summed E-state index contributed by atoms with van der Waals surface area (Å²) in [5.41, 5.74) is 6.52. The number of hydrogen-bond acceptors (Lipinski definition) is 3. The number of fused-ring (bicyclic) bond motifs is 1. The molecule has 1 aromatic carbocycles. The topological polar surface area (TPSA) is 63.3 Å². The Morgan fingerprint density at radius 3 is 2.81 bits per heavy atom. The van der Waals surface area contributed by atoms with Crippen LogP contribution in [0.3, 0.4) is 0 Å². The van der Waals surface area contributed by atoms with Crippen molar-refractivity contribution in [2.45, 2.75) is 12.5 Å². The van der Waals surface area contributed by atoms with Crippen molar-refractivity contribution < 1.29 is 9.90 Å². The molecule has 5 heteroatoms. The first kappa shape index (κ1) is 13.0. The second-order valence-corrected chi connectivity index (χ2v) is 4.32. The quantitative estimate of drug-likeness (QED) is 0.887. The standard InChI is InChI=1S/C11H11NO2S.ClH/c12-9(11(13)14)5-7-6-15-10-4-2-1-3-8(7)10;/h1-4,6,9H,5,12H2,(H,13,14);1H. The molecule has 2 aromatic rings. The average Bonchev–Trinajstić information content (AvgIpc) is 2.62. The minimum atomic E-state index is -0.953. The van der Waals surface area contributed by atoms with Crippen molar-refractivity contribution in [1.82, 2.24) is 0 Å². The lowest BCUT2D eigenvalue weighted by Gasteiger charge is -2.04. The van der Waals surface area contributed by atoms with Crippen molar-refractivity contribution in [3.05, 3.63) is 35.2 Å². The third-order valence-electron chi connectivity index (χ3n) is 2.32. The van der Waals surface area contributed by atoms with Crippen molar-refractivity contribution >= 4 is 39.8 Å². The van der Waals surface area contributed by atoms with Gasteiger partial charge in [-0.05, 0) is 28.8 Å². The van der Waals surface area contributed by atoms with Gasteiger partial charge in [-0.3, -0.25) is 4.79 Å². The highest BCUT2D eigenvalue weighted by molar-refractivity contribution is 7.17. The summed E-state index contributed by atoms with van der Waals surface area (Å²) >= 11 is 1.62. The van der Waals surface area contributed by atoms with Gasteiger partial charge in [-0.15, -0.1) is 23.7 Å². The van der Waals surface area contributed by atoms with Crippen LogP contribution in [0, 0.1) is 0 Å². The van der Waals surface area contributed by atoms with E-state index in [1.807, 2.05) is 29.6 Å². The molecular weight excluding hydrogens is 246 g/mol. The van der Waals surface area contributed by atoms with Crippen LogP contribution in [0.2, 0.25) is 0 Å². The Balaban J connectivity index is 0.00000128. The van der Waals surface area contributed by atoms with E-state index in [0.717, 1.165) is 10.9 Å². The summed E-state index contributed by atoms with van der Waals surface area (Å²) in [7, 11) is 0. The van der Waals surface area contributed by atoms with Crippen molar-refractivity contribution in [2.75, 3.05) is 0 Å². The largest absolute Gasteiger partial charge is 0.480 e. The Morgan fingerprint density at radius 1 is 1.44 bits per heavy atom. The Hall–Kier alpha value is -1.10. The molecule has 3 nitrogen and oxygen atoms in total. The maximum atomic E-state index is 10.6. The van der Waals surface area contributed by atoms with Crippen LogP contribution in [0.5, 0.6) is 0 Å². The first-order chi connectivity index (χ1) is 7.18. The van der Waals surface area contributed by atoms with E-state index in [2.05, 4.69) is 0 Å². The van der Waals surface area contributed by atoms with Gasteiger partial charge in [0.15, 0.2) is 0 Å². The molecular formula is C11H12ClNO2S. The van der Waals surface area contributed by atoms with Gasteiger partial charge in [-0.25, -0.2) is 0 Å². The molecule has 0 aliphatic rings. The Morgan fingerprint density at radius 2 is 2.12 bits per heavy atom. The molecule has 0 aliphatic carbocycles. The van der Waals surface area contributed by atoms with Crippen LogP contribution in [-0.4, -0.2) is 17.1 Å². The SMILES string of the molecule is Cl.NC(Cc1csc2ccccc12)C(=O)O. The molecule has 1 heterocycles. The minimum Gasteiger partial charge on any atom is -0.480 e. The van der Waals surface area contributed by atoms with Crippen molar-refractivity contribution in [3.63, 3.8) is 0 Å². The fourth-order valence-electron chi connectivity index (χ4n) is 1.52. The summed E-state index contributed by atoms with van der Waals surface area (Å²) in [6.45, 7) is 0. The predicted molar refractivity (Wildman–Crippen MR) is 68.4 cm³/mol. The zero-order valence-electron chi connectivity index (χ0n) is 8.42. The number of carboxylic acid groups (broad SMARTS) is 1. The Labute approximate surface area is 103 Å². The third-order valence-corrected chi connectivity index (χ3v) is 3.33. The third kappa shape index (κ3) is 2.52. The molecule has 0 aliphatic heterocycles. The minimum absolute atomic E-state index is 0. The first-order valence-electron chi connectivity index (χ1n) is 4.62. The van der Waals surface area contributed by atoms with Gasteiger partial charge in [0, 0.05) is 4.70 Å². The molecule has 0 amide bonds. The highest BCUT2D eigenvalue weighted by Crippen LogP contribution is 2.26. The molecule has 1 aromatic heterocycles. The van der Waals surface area contributed by atoms with E-state index >= 15 is 0 Å².